The van der Waals surface area contributed by atoms with Gasteiger partial charge in [-0.3, -0.25) is 9.69 Å². The Morgan fingerprint density at radius 1 is 1.25 bits per heavy atom. The van der Waals surface area contributed by atoms with Gasteiger partial charge in [-0.05, 0) is 32.3 Å². The van der Waals surface area contributed by atoms with Gasteiger partial charge >= 0.3 is 0 Å². The van der Waals surface area contributed by atoms with Crippen LogP contribution >= 0.6 is 34.8 Å². The average molecular weight is 392 g/mol. The van der Waals surface area contributed by atoms with Gasteiger partial charge in [0.15, 0.2) is 6.61 Å². The maximum atomic E-state index is 12.0. The molecule has 0 spiro atoms. The van der Waals surface area contributed by atoms with Crippen molar-refractivity contribution in [1.29, 1.82) is 0 Å². The van der Waals surface area contributed by atoms with Gasteiger partial charge in [0.2, 0.25) is 0 Å². The van der Waals surface area contributed by atoms with Crippen LogP contribution < -0.4 is 10.1 Å². The highest BCUT2D eigenvalue weighted by Crippen LogP contribution is 2.33. The average Bonchev–Trinajstić information content (AvgIpc) is 3.03. The quantitative estimate of drug-likeness (QED) is 0.724. The Labute approximate surface area is 155 Å². The fourth-order valence-corrected chi connectivity index (χ4v) is 2.63. The predicted molar refractivity (Wildman–Crippen MR) is 95.1 cm³/mol. The second-order valence-corrected chi connectivity index (χ2v) is 6.51. The molecule has 1 heterocycles. The number of furan rings is 1. The van der Waals surface area contributed by atoms with Crippen LogP contribution in [0, 0.1) is 0 Å². The van der Waals surface area contributed by atoms with Crippen molar-refractivity contribution >= 4 is 40.7 Å². The molecule has 0 aliphatic carbocycles. The van der Waals surface area contributed by atoms with Crippen LogP contribution in [0.2, 0.25) is 15.1 Å². The van der Waals surface area contributed by atoms with Gasteiger partial charge in [-0.25, -0.2) is 0 Å². The van der Waals surface area contributed by atoms with Crippen molar-refractivity contribution in [2.24, 2.45) is 0 Å². The summed E-state index contributed by atoms with van der Waals surface area (Å²) in [5, 5.41) is 3.72. The van der Waals surface area contributed by atoms with E-state index >= 15 is 0 Å². The van der Waals surface area contributed by atoms with Crippen LogP contribution in [0.5, 0.6) is 5.75 Å². The van der Waals surface area contributed by atoms with Crippen molar-refractivity contribution in [2.75, 3.05) is 27.2 Å². The molecule has 0 saturated heterocycles. The molecule has 5 nitrogen and oxygen atoms in total. The van der Waals surface area contributed by atoms with E-state index in [9.17, 15) is 4.79 Å². The molecule has 0 saturated carbocycles. The van der Waals surface area contributed by atoms with Crippen LogP contribution in [0.3, 0.4) is 0 Å². The summed E-state index contributed by atoms with van der Waals surface area (Å²) in [6, 6.07) is 6.55. The van der Waals surface area contributed by atoms with Crippen LogP contribution in [-0.4, -0.2) is 38.1 Å². The highest BCUT2D eigenvalue weighted by molar-refractivity contribution is 6.43. The molecule has 1 aromatic heterocycles. The molecule has 1 atom stereocenters. The lowest BCUT2D eigenvalue weighted by Gasteiger charge is -2.22. The summed E-state index contributed by atoms with van der Waals surface area (Å²) >= 11 is 17.8. The first-order chi connectivity index (χ1) is 11.4. The number of rotatable bonds is 7. The van der Waals surface area contributed by atoms with Gasteiger partial charge < -0.3 is 14.5 Å². The summed E-state index contributed by atoms with van der Waals surface area (Å²) in [7, 11) is 3.82. The molecule has 0 fully saturated rings. The monoisotopic (exact) mass is 390 g/mol. The van der Waals surface area contributed by atoms with Gasteiger partial charge in [-0.1, -0.05) is 34.8 Å². The zero-order valence-electron chi connectivity index (χ0n) is 13.2. The Hall–Kier alpha value is -1.40. The Bertz CT molecular complexity index is 690. The number of carbonyl (C=O) groups excluding carboxylic acids is 1. The molecule has 24 heavy (non-hydrogen) atoms. The van der Waals surface area contributed by atoms with Crippen LogP contribution in [0.15, 0.2) is 34.9 Å². The Morgan fingerprint density at radius 3 is 2.58 bits per heavy atom. The molecule has 0 aliphatic rings. The molecule has 0 aliphatic heterocycles. The van der Waals surface area contributed by atoms with Crippen molar-refractivity contribution in [3.63, 3.8) is 0 Å². The molecule has 0 bridgehead atoms. The minimum absolute atomic E-state index is 0.0717. The maximum absolute atomic E-state index is 12.0. The van der Waals surface area contributed by atoms with E-state index in [1.165, 1.54) is 12.1 Å². The number of hydrogen-bond donors (Lipinski definition) is 1. The first-order valence-electron chi connectivity index (χ1n) is 7.12. The van der Waals surface area contributed by atoms with Crippen molar-refractivity contribution in [1.82, 2.24) is 10.2 Å². The molecule has 2 rings (SSSR count). The molecule has 8 heteroatoms. The van der Waals surface area contributed by atoms with E-state index in [1.807, 2.05) is 31.1 Å². The van der Waals surface area contributed by atoms with Gasteiger partial charge in [0.25, 0.3) is 5.91 Å². The molecular formula is C16H17Cl3N2O3. The van der Waals surface area contributed by atoms with E-state index in [0.717, 1.165) is 5.76 Å². The third kappa shape index (κ3) is 5.05. The predicted octanol–water partition coefficient (Wildman–Crippen LogP) is 4.04. The van der Waals surface area contributed by atoms with Crippen molar-refractivity contribution in [3.05, 3.63) is 51.4 Å². The largest absolute Gasteiger partial charge is 0.482 e. The zero-order chi connectivity index (χ0) is 17.7. The SMILES string of the molecule is CN(C)[C@H](CNC(=O)COc1cc(Cl)c(Cl)cc1Cl)c1ccco1. The van der Waals surface area contributed by atoms with Gasteiger partial charge in [-0.15, -0.1) is 0 Å². The third-order valence-electron chi connectivity index (χ3n) is 3.32. The number of halogens is 3. The maximum Gasteiger partial charge on any atom is 0.258 e. The summed E-state index contributed by atoms with van der Waals surface area (Å²) in [5.41, 5.74) is 0. The van der Waals surface area contributed by atoms with Crippen molar-refractivity contribution in [2.45, 2.75) is 6.04 Å². The molecule has 1 aromatic carbocycles. The topological polar surface area (TPSA) is 54.7 Å². The summed E-state index contributed by atoms with van der Waals surface area (Å²) in [5.74, 6) is 0.792. The molecule has 1 N–H and O–H groups in total. The number of nitrogens with one attached hydrogen (secondary N) is 1. The van der Waals surface area contributed by atoms with E-state index < -0.39 is 0 Å². The van der Waals surface area contributed by atoms with E-state index in [1.54, 1.807) is 6.26 Å². The second kappa shape index (κ2) is 8.62. The van der Waals surface area contributed by atoms with Crippen LogP contribution in [0.25, 0.3) is 0 Å². The standard InChI is InChI=1S/C16H17Cl3N2O3/c1-21(2)13(14-4-3-5-23-14)8-20-16(22)9-24-15-7-11(18)10(17)6-12(15)19/h3-7,13H,8-9H2,1-2H3,(H,20,22)/t13-/m1/s1. The third-order valence-corrected chi connectivity index (χ3v) is 4.34. The number of nitrogens with zero attached hydrogens (tertiary/aromatic N) is 1. The van der Waals surface area contributed by atoms with Crippen molar-refractivity contribution in [3.8, 4) is 5.75 Å². The van der Waals surface area contributed by atoms with E-state index in [4.69, 9.17) is 44.0 Å². The summed E-state index contributed by atoms with van der Waals surface area (Å²) < 4.78 is 10.8. The molecule has 130 valence electrons. The number of ether oxygens (including phenoxy) is 1. The summed E-state index contributed by atoms with van der Waals surface area (Å²) in [4.78, 5) is 13.9. The molecular weight excluding hydrogens is 375 g/mol. The van der Waals surface area contributed by atoms with Gasteiger partial charge in [0.05, 0.1) is 27.4 Å². The van der Waals surface area contributed by atoms with Crippen LogP contribution in [0.4, 0.5) is 0 Å². The highest BCUT2D eigenvalue weighted by atomic mass is 35.5. The van der Waals surface area contributed by atoms with Gasteiger partial charge in [0, 0.05) is 12.6 Å². The lowest BCUT2D eigenvalue weighted by molar-refractivity contribution is -0.123. The molecule has 0 unspecified atom stereocenters. The smallest absolute Gasteiger partial charge is 0.258 e. The highest BCUT2D eigenvalue weighted by Gasteiger charge is 2.18. The lowest BCUT2D eigenvalue weighted by atomic mass is 10.2. The van der Waals surface area contributed by atoms with Gasteiger partial charge in [-0.2, -0.15) is 0 Å². The van der Waals surface area contributed by atoms with E-state index in [0.29, 0.717) is 27.4 Å². The normalized spacial score (nSPS) is 12.2. The fourth-order valence-electron chi connectivity index (χ4n) is 2.04. The van der Waals surface area contributed by atoms with Crippen LogP contribution in [-0.2, 0) is 4.79 Å². The number of likely N-dealkylation sites (N-methyl/N-ethyl adjacent to an activating group) is 1. The number of hydrogen-bond acceptors (Lipinski definition) is 4. The summed E-state index contributed by atoms with van der Waals surface area (Å²) in [6.07, 6.45) is 1.60. The first kappa shape index (κ1) is 18.9. The Morgan fingerprint density at radius 2 is 1.96 bits per heavy atom. The molecule has 0 radical (unpaired) electrons. The second-order valence-electron chi connectivity index (χ2n) is 5.28. The molecule has 1 amide bonds. The number of amides is 1. The minimum atomic E-state index is -0.282. The lowest BCUT2D eigenvalue weighted by Crippen LogP contribution is -2.36. The summed E-state index contributed by atoms with van der Waals surface area (Å²) in [6.45, 7) is 0.202. The van der Waals surface area contributed by atoms with E-state index in [2.05, 4.69) is 5.32 Å². The number of benzene rings is 1. The van der Waals surface area contributed by atoms with Gasteiger partial charge in [0.1, 0.15) is 11.5 Å². The van der Waals surface area contributed by atoms with Crippen LogP contribution in [0.1, 0.15) is 11.8 Å². The molecule has 2 aromatic rings. The van der Waals surface area contributed by atoms with Crippen molar-refractivity contribution < 1.29 is 13.9 Å². The zero-order valence-corrected chi connectivity index (χ0v) is 15.5. The first-order valence-corrected chi connectivity index (χ1v) is 8.25. The Kier molecular flexibility index (Phi) is 6.80. The Balaban J connectivity index is 1.88. The number of carbonyl (C=O) groups is 1. The fraction of sp³-hybridized carbons (Fsp3) is 0.312. The minimum Gasteiger partial charge on any atom is -0.482 e. The van der Waals surface area contributed by atoms with E-state index in [-0.39, 0.29) is 18.6 Å².